The first-order valence-corrected chi connectivity index (χ1v) is 6.87. The van der Waals surface area contributed by atoms with Crippen LogP contribution in [0.1, 0.15) is 31.1 Å². The lowest BCUT2D eigenvalue weighted by Crippen LogP contribution is -2.51. The summed E-state index contributed by atoms with van der Waals surface area (Å²) in [4.78, 5) is 39.5. The molecule has 7 nitrogen and oxygen atoms in total. The second kappa shape index (κ2) is 8.14. The number of hydroxylamine groups is 1. The van der Waals surface area contributed by atoms with Gasteiger partial charge in [0.05, 0.1) is 5.56 Å². The number of hydrogen-bond donors (Lipinski definition) is 3. The summed E-state index contributed by atoms with van der Waals surface area (Å²) in [5.41, 5.74) is 2.75. The standard InChI is InChI=1S/C15H20N2O5/c1-9(2)12(13(18)16-10(3)14(19)20)17-22-15(21)11-7-5-4-6-8-11/h4-10,12,17H,1-3H3,(H,16,18)(H,19,20)/t10-,12-/m0/s1. The quantitative estimate of drug-likeness (QED) is 0.648. The van der Waals surface area contributed by atoms with Gasteiger partial charge in [-0.3, -0.25) is 9.59 Å². The topological polar surface area (TPSA) is 105 Å². The Kier molecular flexibility index (Phi) is 6.52. The number of carboxylic acid groups (broad SMARTS) is 1. The fourth-order valence-electron chi connectivity index (χ4n) is 1.61. The predicted octanol–water partition coefficient (Wildman–Crippen LogP) is 0.962. The van der Waals surface area contributed by atoms with E-state index >= 15 is 0 Å². The third-order valence-electron chi connectivity index (χ3n) is 2.97. The smallest absolute Gasteiger partial charge is 0.356 e. The van der Waals surface area contributed by atoms with Gasteiger partial charge in [-0.1, -0.05) is 32.0 Å². The van der Waals surface area contributed by atoms with Gasteiger partial charge in [0, 0.05) is 0 Å². The molecule has 7 heteroatoms. The highest BCUT2D eigenvalue weighted by atomic mass is 16.7. The Balaban J connectivity index is 2.63. The Morgan fingerprint density at radius 3 is 2.18 bits per heavy atom. The van der Waals surface area contributed by atoms with Crippen LogP contribution in [0.3, 0.4) is 0 Å². The van der Waals surface area contributed by atoms with E-state index in [2.05, 4.69) is 10.8 Å². The van der Waals surface area contributed by atoms with Crippen LogP contribution in [0.5, 0.6) is 0 Å². The van der Waals surface area contributed by atoms with Crippen molar-refractivity contribution in [3.63, 3.8) is 0 Å². The molecular weight excluding hydrogens is 288 g/mol. The van der Waals surface area contributed by atoms with Crippen LogP contribution in [0.15, 0.2) is 30.3 Å². The number of carbonyl (C=O) groups excluding carboxylic acids is 2. The Morgan fingerprint density at radius 2 is 1.68 bits per heavy atom. The number of amides is 1. The first-order valence-electron chi connectivity index (χ1n) is 6.87. The van der Waals surface area contributed by atoms with Gasteiger partial charge in [-0.15, -0.1) is 5.48 Å². The maximum absolute atomic E-state index is 12.0. The average Bonchev–Trinajstić information content (AvgIpc) is 2.47. The van der Waals surface area contributed by atoms with Gasteiger partial charge in [-0.2, -0.15) is 0 Å². The fraction of sp³-hybridized carbons (Fsp3) is 0.400. The zero-order chi connectivity index (χ0) is 16.7. The lowest BCUT2D eigenvalue weighted by atomic mass is 10.0. The molecule has 1 rings (SSSR count). The number of hydrogen-bond acceptors (Lipinski definition) is 5. The molecule has 1 aromatic rings. The molecule has 0 heterocycles. The number of aliphatic carboxylic acids is 1. The van der Waals surface area contributed by atoms with Gasteiger partial charge < -0.3 is 15.3 Å². The molecule has 0 aliphatic rings. The van der Waals surface area contributed by atoms with E-state index in [0.717, 1.165) is 0 Å². The minimum atomic E-state index is -1.14. The molecule has 0 aromatic heterocycles. The van der Waals surface area contributed by atoms with E-state index in [1.807, 2.05) is 0 Å². The monoisotopic (exact) mass is 308 g/mol. The van der Waals surface area contributed by atoms with E-state index in [-0.39, 0.29) is 5.92 Å². The Morgan fingerprint density at radius 1 is 1.09 bits per heavy atom. The van der Waals surface area contributed by atoms with E-state index in [9.17, 15) is 14.4 Å². The van der Waals surface area contributed by atoms with Gasteiger partial charge in [0.15, 0.2) is 0 Å². The molecule has 22 heavy (non-hydrogen) atoms. The number of nitrogens with one attached hydrogen (secondary N) is 2. The van der Waals surface area contributed by atoms with E-state index < -0.39 is 29.9 Å². The minimum absolute atomic E-state index is 0.204. The fourth-order valence-corrected chi connectivity index (χ4v) is 1.61. The van der Waals surface area contributed by atoms with Crippen LogP contribution in [0.25, 0.3) is 0 Å². The molecule has 0 radical (unpaired) electrons. The predicted molar refractivity (Wildman–Crippen MR) is 78.9 cm³/mol. The van der Waals surface area contributed by atoms with Gasteiger partial charge in [0.1, 0.15) is 12.1 Å². The van der Waals surface area contributed by atoms with Crippen molar-refractivity contribution >= 4 is 17.8 Å². The molecule has 0 unspecified atom stereocenters. The zero-order valence-corrected chi connectivity index (χ0v) is 12.7. The first-order chi connectivity index (χ1) is 10.3. The SMILES string of the molecule is CC(C)[C@H](NOC(=O)c1ccccc1)C(=O)N[C@@H](C)C(=O)O. The summed E-state index contributed by atoms with van der Waals surface area (Å²) in [6.45, 7) is 4.85. The van der Waals surface area contributed by atoms with Crippen molar-refractivity contribution < 1.29 is 24.3 Å². The molecule has 0 aliphatic heterocycles. The maximum Gasteiger partial charge on any atom is 0.356 e. The molecule has 0 aliphatic carbocycles. The summed E-state index contributed by atoms with van der Waals surface area (Å²) < 4.78 is 0. The highest BCUT2D eigenvalue weighted by molar-refractivity contribution is 5.90. The van der Waals surface area contributed by atoms with Gasteiger partial charge in [0.25, 0.3) is 0 Å². The van der Waals surface area contributed by atoms with Crippen molar-refractivity contribution in [1.29, 1.82) is 0 Å². The highest BCUT2D eigenvalue weighted by Crippen LogP contribution is 2.05. The van der Waals surface area contributed by atoms with Crippen LogP contribution in [-0.4, -0.2) is 35.0 Å². The molecule has 3 N–H and O–H groups in total. The number of carboxylic acids is 1. The third-order valence-corrected chi connectivity index (χ3v) is 2.97. The molecule has 2 atom stereocenters. The van der Waals surface area contributed by atoms with E-state index in [1.165, 1.54) is 6.92 Å². The highest BCUT2D eigenvalue weighted by Gasteiger charge is 2.26. The second-order valence-electron chi connectivity index (χ2n) is 5.16. The molecule has 120 valence electrons. The van der Waals surface area contributed by atoms with Crippen molar-refractivity contribution in [3.05, 3.63) is 35.9 Å². The van der Waals surface area contributed by atoms with Crippen molar-refractivity contribution in [1.82, 2.24) is 10.8 Å². The van der Waals surface area contributed by atoms with Crippen LogP contribution in [-0.2, 0) is 14.4 Å². The zero-order valence-electron chi connectivity index (χ0n) is 12.7. The number of rotatable bonds is 7. The normalized spacial score (nSPS) is 13.3. The lowest BCUT2D eigenvalue weighted by molar-refractivity contribution is -0.142. The molecule has 0 fully saturated rings. The number of benzene rings is 1. The van der Waals surface area contributed by atoms with Crippen LogP contribution >= 0.6 is 0 Å². The lowest BCUT2D eigenvalue weighted by Gasteiger charge is -2.22. The Bertz CT molecular complexity index is 530. The van der Waals surface area contributed by atoms with Crippen LogP contribution in [0.2, 0.25) is 0 Å². The summed E-state index contributed by atoms with van der Waals surface area (Å²) in [7, 11) is 0. The molecule has 1 amide bonds. The van der Waals surface area contributed by atoms with Crippen LogP contribution < -0.4 is 10.8 Å². The van der Waals surface area contributed by atoms with Gasteiger partial charge in [-0.05, 0) is 25.0 Å². The molecule has 0 saturated carbocycles. The summed E-state index contributed by atoms with van der Waals surface area (Å²) in [6.07, 6.45) is 0. The van der Waals surface area contributed by atoms with Crippen LogP contribution in [0.4, 0.5) is 0 Å². The molecule has 1 aromatic carbocycles. The number of carbonyl (C=O) groups is 3. The van der Waals surface area contributed by atoms with E-state index in [4.69, 9.17) is 9.94 Å². The van der Waals surface area contributed by atoms with Crippen molar-refractivity contribution in [2.45, 2.75) is 32.9 Å². The first kappa shape index (κ1) is 17.6. The summed E-state index contributed by atoms with van der Waals surface area (Å²) >= 11 is 0. The summed E-state index contributed by atoms with van der Waals surface area (Å²) in [5.74, 6) is -2.52. The Labute approximate surface area is 128 Å². The third kappa shape index (κ3) is 5.17. The summed E-state index contributed by atoms with van der Waals surface area (Å²) in [6, 6.07) is 6.44. The van der Waals surface area contributed by atoms with Gasteiger partial charge >= 0.3 is 11.9 Å². The molecular formula is C15H20N2O5. The second-order valence-corrected chi connectivity index (χ2v) is 5.16. The van der Waals surface area contributed by atoms with Crippen molar-refractivity contribution in [3.8, 4) is 0 Å². The van der Waals surface area contributed by atoms with Gasteiger partial charge in [0.2, 0.25) is 5.91 Å². The average molecular weight is 308 g/mol. The molecule has 0 spiro atoms. The Hall–Kier alpha value is -2.41. The minimum Gasteiger partial charge on any atom is -0.480 e. The van der Waals surface area contributed by atoms with Crippen LogP contribution in [0, 0.1) is 5.92 Å². The van der Waals surface area contributed by atoms with E-state index in [1.54, 1.807) is 44.2 Å². The molecule has 0 saturated heterocycles. The van der Waals surface area contributed by atoms with Crippen molar-refractivity contribution in [2.75, 3.05) is 0 Å². The largest absolute Gasteiger partial charge is 0.480 e. The van der Waals surface area contributed by atoms with Gasteiger partial charge in [-0.25, -0.2) is 4.79 Å². The maximum atomic E-state index is 12.0. The van der Waals surface area contributed by atoms with E-state index in [0.29, 0.717) is 5.56 Å². The summed E-state index contributed by atoms with van der Waals surface area (Å²) in [5, 5.41) is 11.1. The van der Waals surface area contributed by atoms with Crippen molar-refractivity contribution in [2.24, 2.45) is 5.92 Å². The molecule has 0 bridgehead atoms.